The number of ether oxygens (including phenoxy) is 1. The van der Waals surface area contributed by atoms with Crippen LogP contribution in [0.15, 0.2) is 47.0 Å². The smallest absolute Gasteiger partial charge is 0.262 e. The minimum Gasteiger partial charge on any atom is -0.507 e. The van der Waals surface area contributed by atoms with Gasteiger partial charge in [0.1, 0.15) is 17.3 Å². The lowest BCUT2D eigenvalue weighted by Gasteiger charge is -2.02. The summed E-state index contributed by atoms with van der Waals surface area (Å²) < 4.78 is 23.4. The molecule has 1 N–H and O–H groups in total. The quantitative estimate of drug-likeness (QED) is 0.800. The summed E-state index contributed by atoms with van der Waals surface area (Å²) in [5, 5.41) is 13.7. The lowest BCUT2D eigenvalue weighted by Crippen LogP contribution is -1.86. The SMILES string of the molecule is COc1ccc(O)c(-c2nc(-c3cccc(F)c3)no2)c1. The molecule has 2 aromatic carbocycles. The van der Waals surface area contributed by atoms with Crippen LogP contribution in [0.2, 0.25) is 0 Å². The van der Waals surface area contributed by atoms with Crippen LogP contribution in [-0.2, 0) is 0 Å². The molecular weight excluding hydrogens is 275 g/mol. The summed E-state index contributed by atoms with van der Waals surface area (Å²) in [6.07, 6.45) is 0. The maximum atomic E-state index is 13.2. The minimum atomic E-state index is -0.386. The molecule has 106 valence electrons. The Labute approximate surface area is 119 Å². The van der Waals surface area contributed by atoms with Crippen LogP contribution in [0.1, 0.15) is 0 Å². The fourth-order valence-corrected chi connectivity index (χ4v) is 1.89. The first-order chi connectivity index (χ1) is 10.2. The highest BCUT2D eigenvalue weighted by molar-refractivity contribution is 5.66. The Hall–Kier alpha value is -2.89. The van der Waals surface area contributed by atoms with Crippen molar-refractivity contribution in [2.45, 2.75) is 0 Å². The molecule has 0 aliphatic heterocycles. The van der Waals surface area contributed by atoms with Crippen molar-refractivity contribution in [2.75, 3.05) is 7.11 Å². The van der Waals surface area contributed by atoms with Crippen molar-refractivity contribution in [3.63, 3.8) is 0 Å². The number of benzene rings is 2. The van der Waals surface area contributed by atoms with Gasteiger partial charge in [-0.3, -0.25) is 0 Å². The van der Waals surface area contributed by atoms with Gasteiger partial charge in [-0.25, -0.2) is 4.39 Å². The van der Waals surface area contributed by atoms with Crippen LogP contribution >= 0.6 is 0 Å². The molecule has 0 atom stereocenters. The highest BCUT2D eigenvalue weighted by atomic mass is 19.1. The minimum absolute atomic E-state index is 0.00903. The number of phenolic OH excluding ortho intramolecular Hbond substituents is 1. The van der Waals surface area contributed by atoms with Gasteiger partial charge in [0, 0.05) is 5.56 Å². The second-order valence-electron chi connectivity index (χ2n) is 4.32. The van der Waals surface area contributed by atoms with Gasteiger partial charge in [-0.15, -0.1) is 0 Å². The maximum Gasteiger partial charge on any atom is 0.262 e. The molecule has 0 saturated heterocycles. The topological polar surface area (TPSA) is 68.4 Å². The average molecular weight is 286 g/mol. The summed E-state index contributed by atoms with van der Waals surface area (Å²) in [5.74, 6) is 0.527. The number of hydrogen-bond donors (Lipinski definition) is 1. The van der Waals surface area contributed by atoms with E-state index in [1.165, 1.54) is 25.3 Å². The van der Waals surface area contributed by atoms with E-state index in [0.717, 1.165) is 0 Å². The number of nitrogens with zero attached hydrogens (tertiary/aromatic N) is 2. The first kappa shape index (κ1) is 13.1. The maximum absolute atomic E-state index is 13.2. The average Bonchev–Trinajstić information content (AvgIpc) is 2.97. The van der Waals surface area contributed by atoms with Crippen molar-refractivity contribution in [3.8, 4) is 34.3 Å². The number of aromatic nitrogens is 2. The zero-order valence-electron chi connectivity index (χ0n) is 11.1. The number of hydrogen-bond acceptors (Lipinski definition) is 5. The molecule has 5 nitrogen and oxygen atoms in total. The zero-order valence-corrected chi connectivity index (χ0v) is 11.1. The van der Waals surface area contributed by atoms with Gasteiger partial charge in [0.05, 0.1) is 12.7 Å². The first-order valence-electron chi connectivity index (χ1n) is 6.14. The summed E-state index contributed by atoms with van der Waals surface area (Å²) in [5.41, 5.74) is 0.844. The van der Waals surface area contributed by atoms with E-state index in [0.29, 0.717) is 16.9 Å². The van der Waals surface area contributed by atoms with Crippen LogP contribution in [0.25, 0.3) is 22.8 Å². The Morgan fingerprint density at radius 3 is 2.81 bits per heavy atom. The third-order valence-corrected chi connectivity index (χ3v) is 2.94. The second-order valence-corrected chi connectivity index (χ2v) is 4.32. The summed E-state index contributed by atoms with van der Waals surface area (Å²) >= 11 is 0. The van der Waals surface area contributed by atoms with Crippen LogP contribution in [0.3, 0.4) is 0 Å². The lowest BCUT2D eigenvalue weighted by molar-refractivity contribution is 0.408. The molecule has 1 heterocycles. The Morgan fingerprint density at radius 2 is 2.05 bits per heavy atom. The van der Waals surface area contributed by atoms with E-state index >= 15 is 0 Å². The normalized spacial score (nSPS) is 10.6. The van der Waals surface area contributed by atoms with E-state index in [-0.39, 0.29) is 23.3 Å². The molecule has 6 heteroatoms. The molecule has 1 aromatic heterocycles. The predicted octanol–water partition coefficient (Wildman–Crippen LogP) is 3.26. The standard InChI is InChI=1S/C15H11FN2O3/c1-20-11-5-6-13(19)12(8-11)15-17-14(18-21-15)9-3-2-4-10(16)7-9/h2-8,19H,1H3. The van der Waals surface area contributed by atoms with Gasteiger partial charge >= 0.3 is 0 Å². The van der Waals surface area contributed by atoms with Crippen molar-refractivity contribution in [3.05, 3.63) is 48.3 Å². The van der Waals surface area contributed by atoms with Gasteiger partial charge in [-0.1, -0.05) is 17.3 Å². The van der Waals surface area contributed by atoms with E-state index in [9.17, 15) is 9.50 Å². The van der Waals surface area contributed by atoms with Gasteiger partial charge in [0.25, 0.3) is 5.89 Å². The van der Waals surface area contributed by atoms with E-state index < -0.39 is 0 Å². The number of halogens is 1. The number of methoxy groups -OCH3 is 1. The van der Waals surface area contributed by atoms with E-state index in [1.807, 2.05) is 0 Å². The molecule has 21 heavy (non-hydrogen) atoms. The molecule has 0 spiro atoms. The van der Waals surface area contributed by atoms with E-state index in [2.05, 4.69) is 10.1 Å². The van der Waals surface area contributed by atoms with Gasteiger partial charge < -0.3 is 14.4 Å². The number of rotatable bonds is 3. The Bertz CT molecular complexity index is 786. The molecule has 0 aliphatic rings. The van der Waals surface area contributed by atoms with Crippen molar-refractivity contribution >= 4 is 0 Å². The highest BCUT2D eigenvalue weighted by Crippen LogP contribution is 2.32. The molecule has 3 rings (SSSR count). The molecule has 0 amide bonds. The third kappa shape index (κ3) is 2.55. The van der Waals surface area contributed by atoms with Crippen LogP contribution in [0, 0.1) is 5.82 Å². The molecule has 0 bridgehead atoms. The van der Waals surface area contributed by atoms with Crippen molar-refractivity contribution < 1.29 is 18.8 Å². The monoisotopic (exact) mass is 286 g/mol. The van der Waals surface area contributed by atoms with Crippen LogP contribution in [0.5, 0.6) is 11.5 Å². The molecule has 0 aliphatic carbocycles. The van der Waals surface area contributed by atoms with Crippen LogP contribution in [0.4, 0.5) is 4.39 Å². The zero-order chi connectivity index (χ0) is 14.8. The van der Waals surface area contributed by atoms with Gasteiger partial charge in [0.2, 0.25) is 5.82 Å². The predicted molar refractivity (Wildman–Crippen MR) is 73.3 cm³/mol. The second kappa shape index (κ2) is 5.24. The highest BCUT2D eigenvalue weighted by Gasteiger charge is 2.15. The fourth-order valence-electron chi connectivity index (χ4n) is 1.89. The Morgan fingerprint density at radius 1 is 1.19 bits per heavy atom. The molecule has 0 radical (unpaired) electrons. The van der Waals surface area contributed by atoms with Gasteiger partial charge in [-0.2, -0.15) is 4.98 Å². The van der Waals surface area contributed by atoms with Crippen molar-refractivity contribution in [1.29, 1.82) is 0 Å². The van der Waals surface area contributed by atoms with E-state index in [1.54, 1.807) is 24.3 Å². The summed E-state index contributed by atoms with van der Waals surface area (Å²) in [6, 6.07) is 10.5. The van der Waals surface area contributed by atoms with E-state index in [4.69, 9.17) is 9.26 Å². The first-order valence-corrected chi connectivity index (χ1v) is 6.14. The van der Waals surface area contributed by atoms with Crippen molar-refractivity contribution in [1.82, 2.24) is 10.1 Å². The third-order valence-electron chi connectivity index (χ3n) is 2.94. The lowest BCUT2D eigenvalue weighted by atomic mass is 10.2. The molecular formula is C15H11FN2O3. The summed E-state index contributed by atoms with van der Waals surface area (Å²) in [4.78, 5) is 4.17. The van der Waals surface area contributed by atoms with Gasteiger partial charge in [0.15, 0.2) is 0 Å². The van der Waals surface area contributed by atoms with Crippen molar-refractivity contribution in [2.24, 2.45) is 0 Å². The molecule has 0 unspecified atom stereocenters. The van der Waals surface area contributed by atoms with Crippen LogP contribution < -0.4 is 4.74 Å². The van der Waals surface area contributed by atoms with Gasteiger partial charge in [-0.05, 0) is 30.3 Å². The summed E-state index contributed by atoms with van der Waals surface area (Å²) in [6.45, 7) is 0. The largest absolute Gasteiger partial charge is 0.507 e. The molecule has 0 fully saturated rings. The fraction of sp³-hybridized carbons (Fsp3) is 0.0667. The Balaban J connectivity index is 2.02. The van der Waals surface area contributed by atoms with Crippen LogP contribution in [-0.4, -0.2) is 22.4 Å². The molecule has 0 saturated carbocycles. The summed E-state index contributed by atoms with van der Waals surface area (Å²) in [7, 11) is 1.52. The Kier molecular flexibility index (Phi) is 3.27. The molecule has 3 aromatic rings. The number of phenols is 1. The number of aromatic hydroxyl groups is 1.